The fourth-order valence-electron chi connectivity index (χ4n) is 2.78. The van der Waals surface area contributed by atoms with Crippen molar-refractivity contribution < 1.29 is 30.3 Å². The second kappa shape index (κ2) is 10.2. The molecule has 1 aromatic rings. The average Bonchev–Trinajstić information content (AvgIpc) is 2.45. The van der Waals surface area contributed by atoms with Crippen LogP contribution in [0.15, 0.2) is 12.1 Å². The van der Waals surface area contributed by atoms with Gasteiger partial charge in [0.2, 0.25) is 0 Å². The van der Waals surface area contributed by atoms with Crippen molar-refractivity contribution >= 4 is 5.97 Å². The minimum absolute atomic E-state index is 0.152. The Bertz CT molecular complexity index is 526. The van der Waals surface area contributed by atoms with Crippen LogP contribution in [0.1, 0.15) is 67.8 Å². The third-order valence-electron chi connectivity index (χ3n) is 4.04. The molecular weight excluding hydrogens is 312 g/mol. The van der Waals surface area contributed by atoms with Crippen LogP contribution in [0.4, 0.5) is 0 Å². The van der Waals surface area contributed by atoms with Gasteiger partial charge < -0.3 is 25.5 Å². The molecular formula is C18H28O6. The molecule has 5 N–H and O–H groups in total. The van der Waals surface area contributed by atoms with Gasteiger partial charge in [0.05, 0.1) is 12.2 Å². The molecule has 0 aliphatic carbocycles. The van der Waals surface area contributed by atoms with Gasteiger partial charge in [0.15, 0.2) is 0 Å². The summed E-state index contributed by atoms with van der Waals surface area (Å²) in [5.74, 6) is -1.79. The van der Waals surface area contributed by atoms with Crippen LogP contribution in [0.5, 0.6) is 11.5 Å². The van der Waals surface area contributed by atoms with E-state index in [1.807, 2.05) is 0 Å². The summed E-state index contributed by atoms with van der Waals surface area (Å²) in [4.78, 5) is 11.2. The zero-order valence-electron chi connectivity index (χ0n) is 14.1. The third-order valence-corrected chi connectivity index (χ3v) is 4.04. The standard InChI is InChI=1S/C18H28O6/c1-12(19)6-5-9-14(20)8-4-2-3-7-13-10-15(21)11-16(22)17(13)18(23)24/h10-12,14,19-22H,2-9H2,1H3,(H,23,24)/t12-,14+/m1/s1. The summed E-state index contributed by atoms with van der Waals surface area (Å²) in [7, 11) is 0. The van der Waals surface area contributed by atoms with Crippen LogP contribution < -0.4 is 0 Å². The van der Waals surface area contributed by atoms with Gasteiger partial charge in [0.1, 0.15) is 17.1 Å². The molecule has 136 valence electrons. The Labute approximate surface area is 142 Å². The zero-order chi connectivity index (χ0) is 18.1. The monoisotopic (exact) mass is 340 g/mol. The molecule has 0 radical (unpaired) electrons. The molecule has 24 heavy (non-hydrogen) atoms. The fraction of sp³-hybridized carbons (Fsp3) is 0.611. The minimum atomic E-state index is -1.21. The van der Waals surface area contributed by atoms with Crippen molar-refractivity contribution in [2.75, 3.05) is 0 Å². The van der Waals surface area contributed by atoms with Crippen molar-refractivity contribution in [1.82, 2.24) is 0 Å². The van der Waals surface area contributed by atoms with E-state index in [0.29, 0.717) is 37.7 Å². The number of hydrogen-bond acceptors (Lipinski definition) is 5. The summed E-state index contributed by atoms with van der Waals surface area (Å²) < 4.78 is 0. The Morgan fingerprint density at radius 2 is 1.67 bits per heavy atom. The summed E-state index contributed by atoms with van der Waals surface area (Å²) in [5.41, 5.74) is 0.253. The number of phenolic OH excluding ortho intramolecular Hbond substituents is 1. The van der Waals surface area contributed by atoms with Crippen molar-refractivity contribution in [3.05, 3.63) is 23.3 Å². The number of aliphatic hydroxyl groups is 2. The van der Waals surface area contributed by atoms with E-state index in [1.165, 1.54) is 6.07 Å². The predicted molar refractivity (Wildman–Crippen MR) is 90.4 cm³/mol. The van der Waals surface area contributed by atoms with E-state index >= 15 is 0 Å². The molecule has 2 atom stereocenters. The quantitative estimate of drug-likeness (QED) is 0.395. The molecule has 0 bridgehead atoms. The maximum Gasteiger partial charge on any atom is 0.339 e. The van der Waals surface area contributed by atoms with Crippen molar-refractivity contribution in [2.24, 2.45) is 0 Å². The normalized spacial score (nSPS) is 13.6. The molecule has 0 saturated heterocycles. The number of phenols is 2. The number of aromatic hydroxyl groups is 2. The summed E-state index contributed by atoms with van der Waals surface area (Å²) >= 11 is 0. The van der Waals surface area contributed by atoms with Crippen LogP contribution in [-0.4, -0.2) is 43.7 Å². The summed E-state index contributed by atoms with van der Waals surface area (Å²) in [6, 6.07) is 2.39. The van der Waals surface area contributed by atoms with Gasteiger partial charge in [0, 0.05) is 6.07 Å². The molecule has 0 unspecified atom stereocenters. The third kappa shape index (κ3) is 7.19. The second-order valence-corrected chi connectivity index (χ2v) is 6.34. The van der Waals surface area contributed by atoms with Crippen LogP contribution in [-0.2, 0) is 6.42 Å². The first kappa shape index (κ1) is 20.3. The average molecular weight is 340 g/mol. The van der Waals surface area contributed by atoms with E-state index in [-0.39, 0.29) is 23.5 Å². The van der Waals surface area contributed by atoms with Gasteiger partial charge in [-0.1, -0.05) is 12.8 Å². The fourth-order valence-corrected chi connectivity index (χ4v) is 2.78. The predicted octanol–water partition coefficient (Wildman–Crippen LogP) is 2.81. The number of carbonyl (C=O) groups is 1. The van der Waals surface area contributed by atoms with Crippen molar-refractivity contribution in [1.29, 1.82) is 0 Å². The van der Waals surface area contributed by atoms with E-state index in [1.54, 1.807) is 6.92 Å². The smallest absolute Gasteiger partial charge is 0.339 e. The lowest BCUT2D eigenvalue weighted by molar-refractivity contribution is 0.0692. The number of carboxylic acids is 1. The number of benzene rings is 1. The lowest BCUT2D eigenvalue weighted by atomic mass is 9.98. The molecule has 0 heterocycles. The van der Waals surface area contributed by atoms with Gasteiger partial charge in [-0.2, -0.15) is 0 Å². The molecule has 1 rings (SSSR count). The molecule has 0 aliphatic rings. The number of hydrogen-bond donors (Lipinski definition) is 5. The molecule has 6 nitrogen and oxygen atoms in total. The van der Waals surface area contributed by atoms with Gasteiger partial charge in [-0.15, -0.1) is 0 Å². The van der Waals surface area contributed by atoms with Gasteiger partial charge >= 0.3 is 5.97 Å². The van der Waals surface area contributed by atoms with Crippen LogP contribution in [0.25, 0.3) is 0 Å². The first-order valence-electron chi connectivity index (χ1n) is 8.45. The molecule has 0 amide bonds. The second-order valence-electron chi connectivity index (χ2n) is 6.34. The van der Waals surface area contributed by atoms with Gasteiger partial charge in [-0.25, -0.2) is 4.79 Å². The van der Waals surface area contributed by atoms with Gasteiger partial charge in [-0.3, -0.25) is 0 Å². The molecule has 0 aromatic heterocycles. The van der Waals surface area contributed by atoms with Crippen LogP contribution in [0.2, 0.25) is 0 Å². The number of rotatable bonds is 11. The molecule has 1 aromatic carbocycles. The maximum atomic E-state index is 11.2. The van der Waals surface area contributed by atoms with Crippen LogP contribution in [0, 0.1) is 0 Å². The number of aryl methyl sites for hydroxylation is 1. The van der Waals surface area contributed by atoms with Crippen LogP contribution in [0.3, 0.4) is 0 Å². The van der Waals surface area contributed by atoms with E-state index in [9.17, 15) is 20.1 Å². The van der Waals surface area contributed by atoms with Gasteiger partial charge in [0.25, 0.3) is 0 Å². The first-order valence-corrected chi connectivity index (χ1v) is 8.45. The lowest BCUT2D eigenvalue weighted by Crippen LogP contribution is -2.08. The number of aliphatic hydroxyl groups excluding tert-OH is 2. The zero-order valence-corrected chi connectivity index (χ0v) is 14.1. The maximum absolute atomic E-state index is 11.2. The number of carboxylic acid groups (broad SMARTS) is 1. The largest absolute Gasteiger partial charge is 0.508 e. The number of unbranched alkanes of at least 4 members (excludes halogenated alkanes) is 2. The van der Waals surface area contributed by atoms with E-state index in [0.717, 1.165) is 25.3 Å². The van der Waals surface area contributed by atoms with Crippen molar-refractivity contribution in [2.45, 2.75) is 70.5 Å². The summed E-state index contributed by atoms with van der Waals surface area (Å²) in [5, 5.41) is 47.3. The molecule has 0 spiro atoms. The Morgan fingerprint density at radius 3 is 2.29 bits per heavy atom. The molecule has 0 aliphatic heterocycles. The van der Waals surface area contributed by atoms with Crippen molar-refractivity contribution in [3.8, 4) is 11.5 Å². The Kier molecular flexibility index (Phi) is 8.57. The highest BCUT2D eigenvalue weighted by molar-refractivity contribution is 5.92. The van der Waals surface area contributed by atoms with E-state index < -0.39 is 11.7 Å². The Hall–Kier alpha value is -1.79. The van der Waals surface area contributed by atoms with E-state index in [2.05, 4.69) is 0 Å². The van der Waals surface area contributed by atoms with Gasteiger partial charge in [-0.05, 0) is 57.1 Å². The lowest BCUT2D eigenvalue weighted by Gasteiger charge is -2.12. The van der Waals surface area contributed by atoms with Crippen molar-refractivity contribution in [3.63, 3.8) is 0 Å². The minimum Gasteiger partial charge on any atom is -0.508 e. The topological polar surface area (TPSA) is 118 Å². The Balaban J connectivity index is 2.34. The highest BCUT2D eigenvalue weighted by Gasteiger charge is 2.16. The summed E-state index contributed by atoms with van der Waals surface area (Å²) in [6.07, 6.45) is 4.93. The first-order chi connectivity index (χ1) is 11.3. The molecule has 0 saturated carbocycles. The summed E-state index contributed by atoms with van der Waals surface area (Å²) in [6.45, 7) is 1.73. The molecule has 0 fully saturated rings. The highest BCUT2D eigenvalue weighted by atomic mass is 16.4. The van der Waals surface area contributed by atoms with Crippen LogP contribution >= 0.6 is 0 Å². The molecule has 6 heteroatoms. The highest BCUT2D eigenvalue weighted by Crippen LogP contribution is 2.28. The van der Waals surface area contributed by atoms with E-state index in [4.69, 9.17) is 10.2 Å². The Morgan fingerprint density at radius 1 is 1.00 bits per heavy atom. The number of aromatic carboxylic acids is 1. The SMILES string of the molecule is C[C@@H](O)CCC[C@@H](O)CCCCCc1cc(O)cc(O)c1C(=O)O.